The molecule has 1 aliphatic carbocycles. The molecule has 0 bridgehead atoms. The summed E-state index contributed by atoms with van der Waals surface area (Å²) in [6.07, 6.45) is 4.37. The largest absolute Gasteiger partial charge is 0.493 e. The molecule has 0 saturated carbocycles. The van der Waals surface area contributed by atoms with Gasteiger partial charge in [-0.2, -0.15) is 0 Å². The minimum absolute atomic E-state index is 0.324. The fraction of sp³-hybridized carbons (Fsp3) is 0.194. The lowest BCUT2D eigenvalue weighted by Crippen LogP contribution is -2.09. The van der Waals surface area contributed by atoms with Crippen LogP contribution >= 0.6 is 0 Å². The van der Waals surface area contributed by atoms with Gasteiger partial charge in [0.05, 0.1) is 30.6 Å². The van der Waals surface area contributed by atoms with Crippen molar-refractivity contribution in [3.05, 3.63) is 108 Å². The molecule has 194 valence electrons. The number of fused-ring (bicyclic) bond motifs is 3. The highest BCUT2D eigenvalue weighted by atomic mass is 16.5. The van der Waals surface area contributed by atoms with Crippen LogP contribution in [0.15, 0.2) is 80.1 Å². The second-order valence-electron chi connectivity index (χ2n) is 8.68. The fourth-order valence-corrected chi connectivity index (χ4v) is 4.28. The molecule has 38 heavy (non-hydrogen) atoms. The van der Waals surface area contributed by atoms with Crippen molar-refractivity contribution in [1.82, 2.24) is 0 Å². The van der Waals surface area contributed by atoms with Crippen LogP contribution in [0.4, 0.5) is 0 Å². The summed E-state index contributed by atoms with van der Waals surface area (Å²) < 4.78 is 21.2. The molecule has 1 aliphatic rings. The molecule has 7 heteroatoms. The van der Waals surface area contributed by atoms with Crippen LogP contribution in [-0.2, 0) is 20.7 Å². The first-order valence-corrected chi connectivity index (χ1v) is 12.2. The summed E-state index contributed by atoms with van der Waals surface area (Å²) in [7, 11) is 0. The van der Waals surface area contributed by atoms with Gasteiger partial charge in [-0.15, -0.1) is 0 Å². The smallest absolute Gasteiger partial charge is 0.343 e. The quantitative estimate of drug-likeness (QED) is 0.0804. The standard InChI is InChI=1S/C31H28O7/c1-4-29(32)37-17-7-6-16-36-28-15-14-26-25-13-10-22(18-23(25)19-27(26)20(28)3)31(34)38-24-11-8-21(9-12-24)30(33)35-5-2/h4-5,8-15,18H,1-2,6-7,16-17,19H2,3H3. The third kappa shape index (κ3) is 6.00. The van der Waals surface area contributed by atoms with Crippen LogP contribution in [0.1, 0.15) is 50.2 Å². The fourth-order valence-electron chi connectivity index (χ4n) is 4.28. The predicted molar refractivity (Wildman–Crippen MR) is 142 cm³/mol. The van der Waals surface area contributed by atoms with Crippen molar-refractivity contribution in [3.63, 3.8) is 0 Å². The van der Waals surface area contributed by atoms with Gasteiger partial charge < -0.3 is 18.9 Å². The van der Waals surface area contributed by atoms with Crippen molar-refractivity contribution < 1.29 is 33.3 Å². The molecule has 4 rings (SSSR count). The third-order valence-corrected chi connectivity index (χ3v) is 6.25. The molecule has 0 atom stereocenters. The molecule has 7 nitrogen and oxygen atoms in total. The molecular formula is C31H28O7. The van der Waals surface area contributed by atoms with E-state index in [2.05, 4.69) is 13.2 Å². The molecule has 0 spiro atoms. The summed E-state index contributed by atoms with van der Waals surface area (Å²) in [5, 5.41) is 0. The topological polar surface area (TPSA) is 88.1 Å². The Kier molecular flexibility index (Phi) is 8.38. The maximum Gasteiger partial charge on any atom is 0.343 e. The molecule has 0 N–H and O–H groups in total. The highest BCUT2D eigenvalue weighted by Gasteiger charge is 2.23. The number of ether oxygens (including phenoxy) is 4. The average Bonchev–Trinajstić information content (AvgIpc) is 3.30. The zero-order chi connectivity index (χ0) is 27.1. The lowest BCUT2D eigenvalue weighted by atomic mass is 10.0. The van der Waals surface area contributed by atoms with Gasteiger partial charge >= 0.3 is 17.9 Å². The zero-order valence-corrected chi connectivity index (χ0v) is 21.2. The van der Waals surface area contributed by atoms with E-state index in [0.717, 1.165) is 46.8 Å². The number of unbranched alkanes of at least 4 members (excludes halogenated alkanes) is 1. The van der Waals surface area contributed by atoms with Crippen LogP contribution < -0.4 is 9.47 Å². The molecule has 0 heterocycles. The van der Waals surface area contributed by atoms with Crippen molar-refractivity contribution in [2.24, 2.45) is 0 Å². The number of benzene rings is 3. The highest BCUT2D eigenvalue weighted by molar-refractivity contribution is 5.94. The van der Waals surface area contributed by atoms with E-state index >= 15 is 0 Å². The maximum absolute atomic E-state index is 12.8. The van der Waals surface area contributed by atoms with E-state index in [1.165, 1.54) is 17.7 Å². The lowest BCUT2D eigenvalue weighted by Gasteiger charge is -2.13. The molecule has 0 aliphatic heterocycles. The van der Waals surface area contributed by atoms with Gasteiger partial charge in [0.1, 0.15) is 11.5 Å². The van der Waals surface area contributed by atoms with E-state index in [-0.39, 0.29) is 0 Å². The second-order valence-corrected chi connectivity index (χ2v) is 8.68. The van der Waals surface area contributed by atoms with Gasteiger partial charge in [-0.05, 0) is 96.5 Å². The van der Waals surface area contributed by atoms with Gasteiger partial charge in [0, 0.05) is 6.08 Å². The molecule has 0 radical (unpaired) electrons. The van der Waals surface area contributed by atoms with Crippen LogP contribution in [0.25, 0.3) is 11.1 Å². The van der Waals surface area contributed by atoms with Gasteiger partial charge in [-0.25, -0.2) is 14.4 Å². The Hall–Kier alpha value is -4.65. The molecule has 0 fully saturated rings. The summed E-state index contributed by atoms with van der Waals surface area (Å²) in [4.78, 5) is 35.6. The van der Waals surface area contributed by atoms with Gasteiger partial charge in [0.25, 0.3) is 0 Å². The van der Waals surface area contributed by atoms with Gasteiger partial charge in [0.15, 0.2) is 0 Å². The Morgan fingerprint density at radius 2 is 1.58 bits per heavy atom. The summed E-state index contributed by atoms with van der Waals surface area (Å²) in [6.45, 7) is 9.63. The molecule has 3 aromatic rings. The predicted octanol–water partition coefficient (Wildman–Crippen LogP) is 5.97. The molecule has 0 amide bonds. The minimum Gasteiger partial charge on any atom is -0.493 e. The Balaban J connectivity index is 1.37. The summed E-state index contributed by atoms with van der Waals surface area (Å²) in [6, 6.07) is 15.7. The zero-order valence-electron chi connectivity index (χ0n) is 21.2. The highest BCUT2D eigenvalue weighted by Crippen LogP contribution is 2.41. The minimum atomic E-state index is -0.536. The van der Waals surface area contributed by atoms with E-state index in [9.17, 15) is 14.4 Å². The Morgan fingerprint density at radius 3 is 2.32 bits per heavy atom. The monoisotopic (exact) mass is 512 g/mol. The van der Waals surface area contributed by atoms with E-state index in [1.54, 1.807) is 18.2 Å². The van der Waals surface area contributed by atoms with Crippen molar-refractivity contribution in [2.45, 2.75) is 26.2 Å². The SMILES string of the molecule is C=COC(=O)c1ccc(OC(=O)c2ccc3c(c2)Cc2c-3ccc(OCCCCOC(=O)C=C)c2C)cc1. The van der Waals surface area contributed by atoms with E-state index in [0.29, 0.717) is 42.9 Å². The van der Waals surface area contributed by atoms with Gasteiger partial charge in [0.2, 0.25) is 0 Å². The lowest BCUT2D eigenvalue weighted by molar-refractivity contribution is -0.137. The van der Waals surface area contributed by atoms with Crippen LogP contribution in [0, 0.1) is 6.92 Å². The van der Waals surface area contributed by atoms with Crippen molar-refractivity contribution in [1.29, 1.82) is 0 Å². The molecule has 0 aromatic heterocycles. The van der Waals surface area contributed by atoms with Crippen LogP contribution in [0.5, 0.6) is 11.5 Å². The van der Waals surface area contributed by atoms with Crippen molar-refractivity contribution >= 4 is 17.9 Å². The molecule has 0 saturated heterocycles. The van der Waals surface area contributed by atoms with E-state index in [1.807, 2.05) is 31.2 Å². The van der Waals surface area contributed by atoms with Gasteiger partial charge in [-0.1, -0.05) is 25.3 Å². The first kappa shape index (κ1) is 26.4. The van der Waals surface area contributed by atoms with Crippen LogP contribution in [0.3, 0.4) is 0 Å². The van der Waals surface area contributed by atoms with Crippen LogP contribution in [-0.4, -0.2) is 31.1 Å². The first-order valence-electron chi connectivity index (χ1n) is 12.2. The summed E-state index contributed by atoms with van der Waals surface area (Å²) in [5.74, 6) is -0.292. The third-order valence-electron chi connectivity index (χ3n) is 6.25. The number of hydrogen-bond donors (Lipinski definition) is 0. The number of carbonyl (C=O) groups excluding carboxylic acids is 3. The Labute approximate surface area is 221 Å². The van der Waals surface area contributed by atoms with Crippen molar-refractivity contribution in [3.8, 4) is 22.6 Å². The first-order chi connectivity index (χ1) is 18.4. The van der Waals surface area contributed by atoms with E-state index in [4.69, 9.17) is 18.9 Å². The maximum atomic E-state index is 12.8. The Bertz CT molecular complexity index is 1390. The number of hydrogen-bond acceptors (Lipinski definition) is 7. The number of esters is 3. The summed E-state index contributed by atoms with van der Waals surface area (Å²) in [5.41, 5.74) is 6.26. The van der Waals surface area contributed by atoms with Gasteiger partial charge in [-0.3, -0.25) is 0 Å². The average molecular weight is 513 g/mol. The molecular weight excluding hydrogens is 484 g/mol. The second kappa shape index (κ2) is 12.1. The molecule has 3 aromatic carbocycles. The Morgan fingerprint density at radius 1 is 0.868 bits per heavy atom. The summed E-state index contributed by atoms with van der Waals surface area (Å²) >= 11 is 0. The molecule has 0 unspecified atom stereocenters. The number of rotatable bonds is 11. The van der Waals surface area contributed by atoms with Crippen LogP contribution in [0.2, 0.25) is 0 Å². The normalized spacial score (nSPS) is 11.1. The van der Waals surface area contributed by atoms with E-state index < -0.39 is 17.9 Å². The van der Waals surface area contributed by atoms with Crippen molar-refractivity contribution in [2.75, 3.05) is 13.2 Å². The number of carbonyl (C=O) groups is 3.